The summed E-state index contributed by atoms with van der Waals surface area (Å²) in [5.41, 5.74) is 0.723. The zero-order valence-electron chi connectivity index (χ0n) is 18.0. The molecule has 2 heterocycles. The van der Waals surface area contributed by atoms with E-state index in [4.69, 9.17) is 0 Å². The number of piperazine rings is 1. The van der Waals surface area contributed by atoms with Gasteiger partial charge in [0.05, 0.1) is 0 Å². The first kappa shape index (κ1) is 22.1. The predicted octanol–water partition coefficient (Wildman–Crippen LogP) is 1.60. The number of rotatable bonds is 3. The van der Waals surface area contributed by atoms with Gasteiger partial charge in [0, 0.05) is 63.8 Å². The third-order valence-electron chi connectivity index (χ3n) is 5.98. The molecular formula is C22H33N5O3. The van der Waals surface area contributed by atoms with Crippen molar-refractivity contribution in [3.05, 3.63) is 30.3 Å². The van der Waals surface area contributed by atoms with Crippen molar-refractivity contribution in [1.29, 1.82) is 0 Å². The van der Waals surface area contributed by atoms with Crippen LogP contribution in [-0.4, -0.2) is 85.4 Å². The van der Waals surface area contributed by atoms with Crippen molar-refractivity contribution in [3.8, 4) is 0 Å². The van der Waals surface area contributed by atoms with Crippen LogP contribution in [0.1, 0.15) is 25.7 Å². The van der Waals surface area contributed by atoms with Crippen molar-refractivity contribution < 1.29 is 14.4 Å². The van der Waals surface area contributed by atoms with Gasteiger partial charge in [-0.1, -0.05) is 24.6 Å². The van der Waals surface area contributed by atoms with Crippen molar-refractivity contribution >= 4 is 23.5 Å². The summed E-state index contributed by atoms with van der Waals surface area (Å²) in [7, 11) is 3.80. The lowest BCUT2D eigenvalue weighted by molar-refractivity contribution is -0.142. The number of hydrogen-bond donors (Lipinski definition) is 2. The van der Waals surface area contributed by atoms with E-state index in [-0.39, 0.29) is 36.2 Å². The third-order valence-corrected chi connectivity index (χ3v) is 5.98. The molecule has 0 saturated carbocycles. The van der Waals surface area contributed by atoms with Gasteiger partial charge in [0.15, 0.2) is 0 Å². The molecule has 8 heteroatoms. The van der Waals surface area contributed by atoms with Crippen LogP contribution in [0.4, 0.5) is 10.5 Å². The molecule has 1 aromatic carbocycles. The maximum atomic E-state index is 13.0. The van der Waals surface area contributed by atoms with E-state index in [0.29, 0.717) is 13.0 Å². The topological polar surface area (TPSA) is 85.0 Å². The highest BCUT2D eigenvalue weighted by atomic mass is 16.2. The molecule has 0 bridgehead atoms. The summed E-state index contributed by atoms with van der Waals surface area (Å²) in [5.74, 6) is -0.224. The van der Waals surface area contributed by atoms with Gasteiger partial charge in [-0.05, 0) is 32.0 Å². The summed E-state index contributed by atoms with van der Waals surface area (Å²) in [6.45, 7) is 3.62. The Morgan fingerprint density at radius 3 is 2.40 bits per heavy atom. The molecular weight excluding hydrogens is 382 g/mol. The maximum absolute atomic E-state index is 13.0. The second-order valence-electron chi connectivity index (χ2n) is 8.40. The highest BCUT2D eigenvalue weighted by Gasteiger charge is 2.31. The van der Waals surface area contributed by atoms with Crippen LogP contribution in [0.3, 0.4) is 0 Å². The number of para-hydroxylation sites is 1. The third kappa shape index (κ3) is 6.19. The van der Waals surface area contributed by atoms with Crippen LogP contribution < -0.4 is 10.6 Å². The molecule has 8 nitrogen and oxygen atoms in total. The van der Waals surface area contributed by atoms with Gasteiger partial charge in [0.1, 0.15) is 0 Å². The van der Waals surface area contributed by atoms with Gasteiger partial charge in [0.2, 0.25) is 11.8 Å². The highest BCUT2D eigenvalue weighted by molar-refractivity contribution is 5.89. The lowest BCUT2D eigenvalue weighted by Crippen LogP contribution is -2.49. The van der Waals surface area contributed by atoms with Gasteiger partial charge in [0.25, 0.3) is 0 Å². The van der Waals surface area contributed by atoms with E-state index in [1.54, 1.807) is 11.9 Å². The minimum absolute atomic E-state index is 0.0420. The average Bonchev–Trinajstić information content (AvgIpc) is 2.79. The Balaban J connectivity index is 1.57. The molecule has 0 aliphatic carbocycles. The molecule has 2 unspecified atom stereocenters. The molecule has 30 heavy (non-hydrogen) atoms. The first-order valence-corrected chi connectivity index (χ1v) is 10.8. The Kier molecular flexibility index (Phi) is 7.68. The number of nitrogens with zero attached hydrogens (tertiary/aromatic N) is 3. The van der Waals surface area contributed by atoms with Crippen LogP contribution in [-0.2, 0) is 9.59 Å². The summed E-state index contributed by atoms with van der Waals surface area (Å²) in [4.78, 5) is 43.8. The highest BCUT2D eigenvalue weighted by Crippen LogP contribution is 2.21. The van der Waals surface area contributed by atoms with E-state index in [9.17, 15) is 14.4 Å². The fourth-order valence-electron chi connectivity index (χ4n) is 4.09. The largest absolute Gasteiger partial charge is 0.344 e. The van der Waals surface area contributed by atoms with Gasteiger partial charge in [-0.15, -0.1) is 0 Å². The van der Waals surface area contributed by atoms with Crippen molar-refractivity contribution in [2.75, 3.05) is 52.1 Å². The molecule has 2 saturated heterocycles. The lowest BCUT2D eigenvalue weighted by Gasteiger charge is -2.34. The van der Waals surface area contributed by atoms with Crippen molar-refractivity contribution in [3.63, 3.8) is 0 Å². The fourth-order valence-corrected chi connectivity index (χ4v) is 4.09. The van der Waals surface area contributed by atoms with Crippen molar-refractivity contribution in [2.45, 2.75) is 31.7 Å². The van der Waals surface area contributed by atoms with Crippen LogP contribution >= 0.6 is 0 Å². The fraction of sp³-hybridized carbons (Fsp3) is 0.591. The summed E-state index contributed by atoms with van der Waals surface area (Å²) in [6, 6.07) is 8.83. The summed E-state index contributed by atoms with van der Waals surface area (Å²) in [6.07, 6.45) is 2.43. The van der Waals surface area contributed by atoms with Crippen molar-refractivity contribution in [1.82, 2.24) is 20.0 Å². The van der Waals surface area contributed by atoms with Crippen LogP contribution in [0.25, 0.3) is 0 Å². The number of urea groups is 1. The molecule has 164 valence electrons. The molecule has 2 N–H and O–H groups in total. The summed E-state index contributed by atoms with van der Waals surface area (Å²) in [5, 5.41) is 5.80. The van der Waals surface area contributed by atoms with E-state index in [2.05, 4.69) is 22.6 Å². The van der Waals surface area contributed by atoms with Gasteiger partial charge >= 0.3 is 6.03 Å². The predicted molar refractivity (Wildman–Crippen MR) is 116 cm³/mol. The minimum Gasteiger partial charge on any atom is -0.344 e. The van der Waals surface area contributed by atoms with Gasteiger partial charge in [-0.2, -0.15) is 0 Å². The Bertz CT molecular complexity index is 734. The summed E-state index contributed by atoms with van der Waals surface area (Å²) >= 11 is 0. The Morgan fingerprint density at radius 2 is 1.70 bits per heavy atom. The normalized spacial score (nSPS) is 23.9. The van der Waals surface area contributed by atoms with Gasteiger partial charge in [-0.25, -0.2) is 4.79 Å². The number of nitrogens with one attached hydrogen (secondary N) is 2. The van der Waals surface area contributed by atoms with E-state index < -0.39 is 0 Å². The quantitative estimate of drug-likeness (QED) is 0.785. The zero-order valence-corrected chi connectivity index (χ0v) is 18.0. The molecule has 2 fully saturated rings. The minimum atomic E-state index is -0.281. The second-order valence-corrected chi connectivity index (χ2v) is 8.40. The SMILES string of the molecule is CN1CCN(C(=O)C2CCCC(NC(=O)Nc3ccccc3)CN(C)C(=O)C2)CC1. The second kappa shape index (κ2) is 10.4. The first-order valence-electron chi connectivity index (χ1n) is 10.8. The van der Waals surface area contributed by atoms with Crippen LogP contribution in [0.5, 0.6) is 0 Å². The molecule has 2 aliphatic heterocycles. The van der Waals surface area contributed by atoms with Crippen LogP contribution in [0.2, 0.25) is 0 Å². The number of hydrogen-bond acceptors (Lipinski definition) is 4. The maximum Gasteiger partial charge on any atom is 0.319 e. The Morgan fingerprint density at radius 1 is 1.00 bits per heavy atom. The molecule has 3 rings (SSSR count). The summed E-state index contributed by atoms with van der Waals surface area (Å²) < 4.78 is 0. The molecule has 2 atom stereocenters. The lowest BCUT2D eigenvalue weighted by atomic mass is 9.95. The monoisotopic (exact) mass is 415 g/mol. The van der Waals surface area contributed by atoms with Crippen LogP contribution in [0.15, 0.2) is 30.3 Å². The first-order chi connectivity index (χ1) is 14.4. The van der Waals surface area contributed by atoms with E-state index in [1.165, 1.54) is 0 Å². The standard InChI is InChI=1S/C22H33N5O3/c1-25-11-13-27(14-12-25)21(29)17-7-6-10-19(16-26(2)20(28)15-17)24-22(30)23-18-8-4-3-5-9-18/h3-5,8-9,17,19H,6-7,10-16H2,1-2H3,(H2,23,24,30). The van der Waals surface area contributed by atoms with Gasteiger partial charge < -0.3 is 25.3 Å². The van der Waals surface area contributed by atoms with Crippen molar-refractivity contribution in [2.24, 2.45) is 5.92 Å². The molecule has 2 aliphatic rings. The number of benzene rings is 1. The smallest absolute Gasteiger partial charge is 0.319 e. The molecule has 0 radical (unpaired) electrons. The number of likely N-dealkylation sites (N-methyl/N-ethyl adjacent to an activating group) is 2. The molecule has 1 aromatic rings. The van der Waals surface area contributed by atoms with E-state index in [0.717, 1.165) is 44.7 Å². The average molecular weight is 416 g/mol. The number of anilines is 1. The number of amides is 4. The van der Waals surface area contributed by atoms with E-state index in [1.807, 2.05) is 35.2 Å². The van der Waals surface area contributed by atoms with Gasteiger partial charge in [-0.3, -0.25) is 9.59 Å². The molecule has 0 spiro atoms. The van der Waals surface area contributed by atoms with E-state index >= 15 is 0 Å². The Labute approximate surface area is 178 Å². The molecule has 0 aromatic heterocycles. The number of carbonyl (C=O) groups is 3. The Hall–Kier alpha value is -2.61. The number of carbonyl (C=O) groups excluding carboxylic acids is 3. The zero-order chi connectivity index (χ0) is 21.5. The van der Waals surface area contributed by atoms with Crippen LogP contribution in [0, 0.1) is 5.92 Å². The molecule has 4 amide bonds.